The standard InChI is InChI=1S/C20H21ClN2O5S2/c1-4-12(2)18(24)23-10-9-15-16(11-23)29-20(17(15)19(25)28-3)30(26,27)22-14-7-5-13(21)6-8-14/h4-8,22H,9-11H2,1-3H3. The molecule has 10 heteroatoms. The number of anilines is 1. The van der Waals surface area contributed by atoms with Gasteiger partial charge in [0, 0.05) is 27.7 Å². The summed E-state index contributed by atoms with van der Waals surface area (Å²) >= 11 is 6.84. The molecule has 0 atom stereocenters. The van der Waals surface area contributed by atoms with Crippen molar-refractivity contribution in [3.63, 3.8) is 0 Å². The van der Waals surface area contributed by atoms with Gasteiger partial charge in [0.05, 0.1) is 19.2 Å². The molecule has 160 valence electrons. The Morgan fingerprint density at radius 1 is 1.27 bits per heavy atom. The van der Waals surface area contributed by atoms with Crippen LogP contribution in [0.3, 0.4) is 0 Å². The van der Waals surface area contributed by atoms with Crippen LogP contribution in [0.25, 0.3) is 0 Å². The molecule has 2 heterocycles. The number of amides is 1. The number of nitrogens with one attached hydrogen (secondary N) is 1. The first-order chi connectivity index (χ1) is 14.2. The van der Waals surface area contributed by atoms with Gasteiger partial charge in [0.2, 0.25) is 5.91 Å². The maximum Gasteiger partial charge on any atom is 0.340 e. The molecule has 1 aromatic heterocycles. The second-order valence-electron chi connectivity index (χ2n) is 6.72. The van der Waals surface area contributed by atoms with Crippen molar-refractivity contribution in [2.24, 2.45) is 0 Å². The van der Waals surface area contributed by atoms with Crippen molar-refractivity contribution in [2.75, 3.05) is 18.4 Å². The second-order valence-corrected chi connectivity index (χ2v) is 10.1. The van der Waals surface area contributed by atoms with E-state index in [1.54, 1.807) is 37.0 Å². The number of carbonyl (C=O) groups is 2. The SMILES string of the molecule is CC=C(C)C(=O)N1CCc2c(sc(S(=O)(=O)Nc3ccc(Cl)cc3)c2C(=O)OC)C1. The molecule has 30 heavy (non-hydrogen) atoms. The number of sulfonamides is 1. The van der Waals surface area contributed by atoms with Gasteiger partial charge in [-0.3, -0.25) is 9.52 Å². The number of allylic oxidation sites excluding steroid dienone is 1. The number of esters is 1. The Morgan fingerprint density at radius 3 is 2.53 bits per heavy atom. The zero-order chi connectivity index (χ0) is 22.1. The van der Waals surface area contributed by atoms with E-state index in [1.807, 2.05) is 0 Å². The van der Waals surface area contributed by atoms with Crippen LogP contribution in [-0.4, -0.2) is 38.8 Å². The number of rotatable bonds is 5. The minimum atomic E-state index is -4.05. The zero-order valence-electron chi connectivity index (χ0n) is 16.7. The Bertz CT molecular complexity index is 1120. The maximum absolute atomic E-state index is 13.1. The molecule has 0 radical (unpaired) electrons. The van der Waals surface area contributed by atoms with Crippen LogP contribution in [0.1, 0.15) is 34.6 Å². The van der Waals surface area contributed by atoms with Crippen molar-refractivity contribution in [1.29, 1.82) is 0 Å². The van der Waals surface area contributed by atoms with Crippen molar-refractivity contribution >= 4 is 50.5 Å². The summed E-state index contributed by atoms with van der Waals surface area (Å²) in [6, 6.07) is 6.19. The van der Waals surface area contributed by atoms with E-state index in [-0.39, 0.29) is 22.2 Å². The van der Waals surface area contributed by atoms with E-state index in [2.05, 4.69) is 4.72 Å². The van der Waals surface area contributed by atoms with E-state index in [4.69, 9.17) is 16.3 Å². The molecule has 0 bridgehead atoms. The first-order valence-electron chi connectivity index (χ1n) is 9.11. The number of hydrogen-bond donors (Lipinski definition) is 1. The van der Waals surface area contributed by atoms with Crippen molar-refractivity contribution in [3.05, 3.63) is 56.9 Å². The van der Waals surface area contributed by atoms with Crippen LogP contribution >= 0.6 is 22.9 Å². The monoisotopic (exact) mass is 468 g/mol. The van der Waals surface area contributed by atoms with Gasteiger partial charge >= 0.3 is 5.97 Å². The number of methoxy groups -OCH3 is 1. The van der Waals surface area contributed by atoms with E-state index < -0.39 is 16.0 Å². The van der Waals surface area contributed by atoms with Crippen LogP contribution in [-0.2, 0) is 32.5 Å². The fourth-order valence-corrected chi connectivity index (χ4v) is 6.23. The maximum atomic E-state index is 13.1. The molecule has 0 saturated heterocycles. The molecular weight excluding hydrogens is 448 g/mol. The zero-order valence-corrected chi connectivity index (χ0v) is 19.1. The van der Waals surface area contributed by atoms with Crippen LogP contribution in [0.15, 0.2) is 40.1 Å². The van der Waals surface area contributed by atoms with Crippen LogP contribution in [0.4, 0.5) is 5.69 Å². The van der Waals surface area contributed by atoms with Crippen molar-refractivity contribution in [3.8, 4) is 0 Å². The van der Waals surface area contributed by atoms with Crippen LogP contribution in [0.2, 0.25) is 5.02 Å². The average molecular weight is 469 g/mol. The highest BCUT2D eigenvalue weighted by Gasteiger charge is 2.35. The summed E-state index contributed by atoms with van der Waals surface area (Å²) in [4.78, 5) is 27.3. The summed E-state index contributed by atoms with van der Waals surface area (Å²) in [6.45, 7) is 4.15. The smallest absolute Gasteiger partial charge is 0.340 e. The number of halogens is 1. The predicted octanol–water partition coefficient (Wildman–Crippen LogP) is 3.84. The third kappa shape index (κ3) is 4.38. The molecule has 2 aromatic rings. The van der Waals surface area contributed by atoms with Gasteiger partial charge in [0.15, 0.2) is 4.21 Å². The Kier molecular flexibility index (Phi) is 6.54. The number of benzene rings is 1. The normalized spacial score (nSPS) is 14.3. The number of thiophene rings is 1. The third-order valence-corrected chi connectivity index (χ3v) is 8.18. The number of ether oxygens (including phenoxy) is 1. The topological polar surface area (TPSA) is 92.8 Å². The third-order valence-electron chi connectivity index (χ3n) is 4.81. The number of hydrogen-bond acceptors (Lipinski definition) is 6. The van der Waals surface area contributed by atoms with Gasteiger partial charge in [0.1, 0.15) is 0 Å². The Morgan fingerprint density at radius 2 is 1.93 bits per heavy atom. The first-order valence-corrected chi connectivity index (χ1v) is 11.8. The highest BCUT2D eigenvalue weighted by atomic mass is 35.5. The van der Waals surface area contributed by atoms with E-state index >= 15 is 0 Å². The highest BCUT2D eigenvalue weighted by molar-refractivity contribution is 7.94. The summed E-state index contributed by atoms with van der Waals surface area (Å²) < 4.78 is 33.4. The van der Waals surface area contributed by atoms with Gasteiger partial charge < -0.3 is 9.64 Å². The Labute approximate surface area is 184 Å². The molecule has 1 amide bonds. The predicted molar refractivity (Wildman–Crippen MR) is 116 cm³/mol. The lowest BCUT2D eigenvalue weighted by atomic mass is 10.0. The molecule has 7 nitrogen and oxygen atoms in total. The van der Waals surface area contributed by atoms with Gasteiger partial charge in [-0.25, -0.2) is 13.2 Å². The average Bonchev–Trinajstić information content (AvgIpc) is 3.13. The van der Waals surface area contributed by atoms with Crippen LogP contribution in [0, 0.1) is 0 Å². The summed E-state index contributed by atoms with van der Waals surface area (Å²) in [5.41, 5.74) is 1.59. The summed E-state index contributed by atoms with van der Waals surface area (Å²) in [5.74, 6) is -0.826. The van der Waals surface area contributed by atoms with Gasteiger partial charge in [-0.15, -0.1) is 11.3 Å². The molecular formula is C20H21ClN2O5S2. The second kappa shape index (κ2) is 8.79. The first kappa shape index (κ1) is 22.3. The minimum absolute atomic E-state index is 0.0359. The summed E-state index contributed by atoms with van der Waals surface area (Å²) in [7, 11) is -2.84. The van der Waals surface area contributed by atoms with Gasteiger partial charge in [-0.2, -0.15) is 0 Å². The van der Waals surface area contributed by atoms with E-state index in [9.17, 15) is 18.0 Å². The van der Waals surface area contributed by atoms with Crippen molar-refractivity contribution in [2.45, 2.75) is 31.0 Å². The molecule has 0 spiro atoms. The molecule has 1 N–H and O–H groups in total. The molecule has 0 fully saturated rings. The lowest BCUT2D eigenvalue weighted by molar-refractivity contribution is -0.127. The number of fused-ring (bicyclic) bond motifs is 1. The van der Waals surface area contributed by atoms with Crippen LogP contribution < -0.4 is 4.72 Å². The lowest BCUT2D eigenvalue weighted by Crippen LogP contribution is -2.36. The molecule has 3 rings (SSSR count). The number of nitrogens with zero attached hydrogens (tertiary/aromatic N) is 1. The van der Waals surface area contributed by atoms with Gasteiger partial charge in [0.25, 0.3) is 10.0 Å². The van der Waals surface area contributed by atoms with E-state index in [0.717, 1.165) is 11.3 Å². The van der Waals surface area contributed by atoms with Crippen LogP contribution in [0.5, 0.6) is 0 Å². The summed E-state index contributed by atoms with van der Waals surface area (Å²) in [6.07, 6.45) is 2.10. The largest absolute Gasteiger partial charge is 0.465 e. The molecule has 1 aromatic carbocycles. The Balaban J connectivity index is 2.01. The molecule has 1 aliphatic heterocycles. The minimum Gasteiger partial charge on any atom is -0.465 e. The molecule has 0 unspecified atom stereocenters. The van der Waals surface area contributed by atoms with Crippen molar-refractivity contribution < 1.29 is 22.7 Å². The van der Waals surface area contributed by atoms with Crippen molar-refractivity contribution in [1.82, 2.24) is 4.90 Å². The fraction of sp³-hybridized carbons (Fsp3) is 0.300. The van der Waals surface area contributed by atoms with E-state index in [1.165, 1.54) is 19.2 Å². The van der Waals surface area contributed by atoms with E-state index in [0.29, 0.717) is 39.7 Å². The Hall–Kier alpha value is -2.36. The number of carbonyl (C=O) groups excluding carboxylic acids is 2. The van der Waals surface area contributed by atoms with Gasteiger partial charge in [-0.05, 0) is 50.1 Å². The molecule has 1 aliphatic rings. The lowest BCUT2D eigenvalue weighted by Gasteiger charge is -2.27. The summed E-state index contributed by atoms with van der Waals surface area (Å²) in [5, 5.41) is 0.473. The quantitative estimate of drug-likeness (QED) is 0.531. The molecule has 0 aliphatic carbocycles. The van der Waals surface area contributed by atoms with Gasteiger partial charge in [-0.1, -0.05) is 17.7 Å². The fourth-order valence-electron chi connectivity index (χ4n) is 3.14. The molecule has 0 saturated carbocycles. The highest BCUT2D eigenvalue weighted by Crippen LogP contribution is 2.37.